The van der Waals surface area contributed by atoms with Crippen LogP contribution in [0.3, 0.4) is 0 Å². The van der Waals surface area contributed by atoms with Crippen LogP contribution in [0.4, 0.5) is 0 Å². The van der Waals surface area contributed by atoms with Gasteiger partial charge in [-0.15, -0.1) is 10.2 Å². The van der Waals surface area contributed by atoms with Crippen molar-refractivity contribution in [2.24, 2.45) is 10.2 Å². The summed E-state index contributed by atoms with van der Waals surface area (Å²) in [5, 5.41) is 15.1. The van der Waals surface area contributed by atoms with Crippen molar-refractivity contribution in [1.82, 2.24) is 0 Å². The Kier molecular flexibility index (Phi) is 4.57. The number of phenolic OH excluding ortho intramolecular Hbond substituents is 1. The Morgan fingerprint density at radius 3 is 1.65 bits per heavy atom. The molecule has 2 amide bonds. The molecule has 20 heavy (non-hydrogen) atoms. The fourth-order valence-electron chi connectivity index (χ4n) is 1.50. The van der Waals surface area contributed by atoms with Crippen molar-refractivity contribution < 1.29 is 14.7 Å². The van der Waals surface area contributed by atoms with Crippen LogP contribution in [-0.4, -0.2) is 16.9 Å². The second-order valence-corrected chi connectivity index (χ2v) is 5.08. The minimum Gasteiger partial charge on any atom is -0.508 e. The van der Waals surface area contributed by atoms with Crippen LogP contribution < -0.4 is 0 Å². The van der Waals surface area contributed by atoms with Gasteiger partial charge in [-0.3, -0.25) is 9.59 Å². The number of rotatable bonds is 0. The van der Waals surface area contributed by atoms with E-state index >= 15 is 0 Å². The lowest BCUT2D eigenvalue weighted by Gasteiger charge is -2.04. The largest absolute Gasteiger partial charge is 0.508 e. The Morgan fingerprint density at radius 1 is 0.800 bits per heavy atom. The third-order valence-electron chi connectivity index (χ3n) is 2.45. The lowest BCUT2D eigenvalue weighted by atomic mass is 10.1. The van der Waals surface area contributed by atoms with Crippen molar-refractivity contribution in [2.75, 3.05) is 0 Å². The summed E-state index contributed by atoms with van der Waals surface area (Å²) in [6.07, 6.45) is 0. The zero-order valence-electron chi connectivity index (χ0n) is 10.2. The highest BCUT2D eigenvalue weighted by atomic mass is 127. The molecule has 1 N–H and O–H groups in total. The Morgan fingerprint density at radius 2 is 1.25 bits per heavy atom. The predicted octanol–water partition coefficient (Wildman–Crippen LogP) is 3.43. The lowest BCUT2D eigenvalue weighted by Crippen LogP contribution is -2.10. The fraction of sp³-hybridized carbons (Fsp3) is 0. The molecule has 2 aromatic rings. The zero-order chi connectivity index (χ0) is 14.5. The Balaban J connectivity index is 0.000000160. The summed E-state index contributed by atoms with van der Waals surface area (Å²) < 4.78 is 1.14. The summed E-state index contributed by atoms with van der Waals surface area (Å²) in [5.74, 6) is -0.583. The van der Waals surface area contributed by atoms with Gasteiger partial charge in [0.2, 0.25) is 0 Å². The van der Waals surface area contributed by atoms with E-state index in [1.165, 1.54) is 0 Å². The molecule has 0 atom stereocenters. The highest BCUT2D eigenvalue weighted by Gasteiger charge is 2.20. The SMILES string of the molecule is O=C1N=NC(=O)c2ccccc21.Oc1ccc(I)cc1. The molecule has 0 saturated carbocycles. The van der Waals surface area contributed by atoms with Crippen LogP contribution >= 0.6 is 22.6 Å². The molecule has 6 heteroatoms. The maximum absolute atomic E-state index is 11.0. The van der Waals surface area contributed by atoms with Crippen LogP contribution in [0.25, 0.3) is 0 Å². The summed E-state index contributed by atoms with van der Waals surface area (Å²) in [5.41, 5.74) is 0.662. The molecule has 1 heterocycles. The first-order valence-corrected chi connectivity index (χ1v) is 6.70. The van der Waals surface area contributed by atoms with Gasteiger partial charge < -0.3 is 5.11 Å². The quantitative estimate of drug-likeness (QED) is 0.712. The van der Waals surface area contributed by atoms with Gasteiger partial charge in [-0.25, -0.2) is 0 Å². The molecule has 0 spiro atoms. The van der Waals surface area contributed by atoms with E-state index in [1.807, 2.05) is 12.1 Å². The first-order valence-electron chi connectivity index (χ1n) is 5.62. The molecule has 3 rings (SSSR count). The average Bonchev–Trinajstić information content (AvgIpc) is 2.47. The van der Waals surface area contributed by atoms with E-state index in [2.05, 4.69) is 32.8 Å². The summed E-state index contributed by atoms with van der Waals surface area (Å²) in [7, 11) is 0. The van der Waals surface area contributed by atoms with Crippen molar-refractivity contribution in [3.63, 3.8) is 0 Å². The molecule has 0 aromatic heterocycles. The molecule has 0 fully saturated rings. The number of hydrogen-bond acceptors (Lipinski definition) is 3. The van der Waals surface area contributed by atoms with Crippen LogP contribution in [0.5, 0.6) is 5.75 Å². The minimum absolute atomic E-state index is 0.324. The van der Waals surface area contributed by atoms with E-state index in [4.69, 9.17) is 5.11 Å². The number of phenols is 1. The highest BCUT2D eigenvalue weighted by molar-refractivity contribution is 14.1. The van der Waals surface area contributed by atoms with E-state index in [-0.39, 0.29) is 0 Å². The second kappa shape index (κ2) is 6.38. The number of halogens is 1. The van der Waals surface area contributed by atoms with Crippen LogP contribution in [0, 0.1) is 3.57 Å². The van der Waals surface area contributed by atoms with Crippen LogP contribution in [0.2, 0.25) is 0 Å². The normalized spacial score (nSPS) is 12.4. The molecule has 1 aliphatic rings. The monoisotopic (exact) mass is 380 g/mol. The number of hydrogen-bond donors (Lipinski definition) is 1. The number of carbonyl (C=O) groups excluding carboxylic acids is 2. The topological polar surface area (TPSA) is 79.1 Å². The number of benzene rings is 2. The third-order valence-corrected chi connectivity index (χ3v) is 3.17. The van der Waals surface area contributed by atoms with Crippen LogP contribution in [-0.2, 0) is 0 Å². The average molecular weight is 380 g/mol. The lowest BCUT2D eigenvalue weighted by molar-refractivity contribution is 0.0920. The molecule has 0 bridgehead atoms. The highest BCUT2D eigenvalue weighted by Crippen LogP contribution is 2.15. The van der Waals surface area contributed by atoms with E-state index in [0.29, 0.717) is 16.9 Å². The summed E-state index contributed by atoms with van der Waals surface area (Å²) in [6, 6.07) is 13.5. The molecule has 0 aliphatic carbocycles. The van der Waals surface area contributed by atoms with Gasteiger partial charge in [0.05, 0.1) is 11.1 Å². The smallest absolute Gasteiger partial charge is 0.296 e. The standard InChI is InChI=1S/C8H4N2O2.C6H5IO/c11-7-5-3-1-2-4-6(5)8(12)10-9-7;7-5-1-3-6(8)4-2-5/h1-4H;1-4,8H. The van der Waals surface area contributed by atoms with Gasteiger partial charge in [0.1, 0.15) is 5.75 Å². The molecule has 100 valence electrons. The molecule has 0 radical (unpaired) electrons. The first-order chi connectivity index (χ1) is 9.58. The van der Waals surface area contributed by atoms with Crippen molar-refractivity contribution in [3.8, 4) is 5.75 Å². The Bertz CT molecular complexity index is 623. The summed E-state index contributed by atoms with van der Waals surface area (Å²) >= 11 is 2.19. The van der Waals surface area contributed by atoms with Gasteiger partial charge in [-0.05, 0) is 59.0 Å². The number of carbonyl (C=O) groups is 2. The molecule has 0 saturated heterocycles. The molecular weight excluding hydrogens is 371 g/mol. The Hall–Kier alpha value is -2.09. The fourth-order valence-corrected chi connectivity index (χ4v) is 1.86. The van der Waals surface area contributed by atoms with Crippen molar-refractivity contribution >= 4 is 34.4 Å². The number of aromatic hydroxyl groups is 1. The molecule has 1 aliphatic heterocycles. The predicted molar refractivity (Wildman–Crippen MR) is 80.8 cm³/mol. The van der Waals surface area contributed by atoms with Gasteiger partial charge in [-0.2, -0.15) is 0 Å². The number of azo groups is 1. The zero-order valence-corrected chi connectivity index (χ0v) is 12.3. The molecule has 2 aromatic carbocycles. The first kappa shape index (κ1) is 14.3. The van der Waals surface area contributed by atoms with Gasteiger partial charge in [-0.1, -0.05) is 12.1 Å². The van der Waals surface area contributed by atoms with E-state index in [0.717, 1.165) is 3.57 Å². The van der Waals surface area contributed by atoms with Gasteiger partial charge in [0, 0.05) is 3.57 Å². The molecule has 5 nitrogen and oxygen atoms in total. The second-order valence-electron chi connectivity index (χ2n) is 3.83. The van der Waals surface area contributed by atoms with E-state index < -0.39 is 11.8 Å². The minimum atomic E-state index is -0.454. The van der Waals surface area contributed by atoms with Crippen molar-refractivity contribution in [1.29, 1.82) is 0 Å². The van der Waals surface area contributed by atoms with Crippen molar-refractivity contribution in [3.05, 3.63) is 63.2 Å². The Labute approximate surface area is 128 Å². The number of fused-ring (bicyclic) bond motifs is 1. The van der Waals surface area contributed by atoms with Crippen LogP contribution in [0.15, 0.2) is 58.8 Å². The molecular formula is C14H9IN2O3. The summed E-state index contributed by atoms with van der Waals surface area (Å²) in [6.45, 7) is 0. The van der Waals surface area contributed by atoms with Crippen molar-refractivity contribution in [2.45, 2.75) is 0 Å². The maximum Gasteiger partial charge on any atom is 0.296 e. The number of amides is 2. The van der Waals surface area contributed by atoms with Gasteiger partial charge in [0.15, 0.2) is 0 Å². The van der Waals surface area contributed by atoms with E-state index in [9.17, 15) is 9.59 Å². The van der Waals surface area contributed by atoms with Crippen LogP contribution in [0.1, 0.15) is 20.7 Å². The summed E-state index contributed by atoms with van der Waals surface area (Å²) in [4.78, 5) is 22.0. The number of nitrogens with zero attached hydrogens (tertiary/aromatic N) is 2. The van der Waals surface area contributed by atoms with Gasteiger partial charge in [0.25, 0.3) is 11.8 Å². The maximum atomic E-state index is 11.0. The van der Waals surface area contributed by atoms with E-state index in [1.54, 1.807) is 36.4 Å². The van der Waals surface area contributed by atoms with Gasteiger partial charge >= 0.3 is 0 Å². The third kappa shape index (κ3) is 3.47. The molecule has 0 unspecified atom stereocenters.